The van der Waals surface area contributed by atoms with Crippen molar-refractivity contribution >= 4 is 5.97 Å². The Morgan fingerprint density at radius 2 is 1.82 bits per heavy atom. The minimum absolute atomic E-state index is 0.0572. The van der Waals surface area contributed by atoms with Gasteiger partial charge in [0.2, 0.25) is 0 Å². The Kier molecular flexibility index (Phi) is 4.91. The van der Waals surface area contributed by atoms with Crippen LogP contribution in [0, 0.1) is 11.3 Å². The quantitative estimate of drug-likeness (QED) is 0.628. The van der Waals surface area contributed by atoms with Crippen molar-refractivity contribution in [2.45, 2.75) is 19.5 Å². The van der Waals surface area contributed by atoms with Gasteiger partial charge in [-0.3, -0.25) is 0 Å². The summed E-state index contributed by atoms with van der Waals surface area (Å²) in [5.41, 5.74) is -3.64. The van der Waals surface area contributed by atoms with Gasteiger partial charge in [-0.05, 0) is 19.1 Å². The smallest absolute Gasteiger partial charge is 0.462 e. The van der Waals surface area contributed by atoms with Crippen molar-refractivity contribution in [3.05, 3.63) is 28.8 Å². The zero-order valence-electron chi connectivity index (χ0n) is 10.8. The number of carbonyl (C=O) groups is 1. The van der Waals surface area contributed by atoms with Crippen LogP contribution in [-0.4, -0.2) is 18.9 Å². The summed E-state index contributed by atoms with van der Waals surface area (Å²) in [6, 6.07) is 1.53. The summed E-state index contributed by atoms with van der Waals surface area (Å²) in [6.45, 7) is 1.08. The normalized spacial score (nSPS) is 11.7. The standard InChI is InChI=1S/C12H7F6NO3/c1-2-21-10(20)7-3-6(5-19)9(22-12(16,17)18)4-8(7)11(13,14)15/h3-4H,2H2,1H3. The molecule has 0 radical (unpaired) electrons. The molecule has 0 saturated carbocycles. The highest BCUT2D eigenvalue weighted by Gasteiger charge is 2.39. The Balaban J connectivity index is 3.53. The predicted molar refractivity (Wildman–Crippen MR) is 58.8 cm³/mol. The third kappa shape index (κ3) is 4.28. The molecule has 1 aromatic carbocycles. The second-order valence-electron chi connectivity index (χ2n) is 3.77. The molecule has 120 valence electrons. The van der Waals surface area contributed by atoms with Gasteiger partial charge < -0.3 is 9.47 Å². The summed E-state index contributed by atoms with van der Waals surface area (Å²) < 4.78 is 82.9. The fourth-order valence-electron chi connectivity index (χ4n) is 1.49. The number of carbonyl (C=O) groups excluding carboxylic acids is 1. The van der Waals surface area contributed by atoms with E-state index in [-0.39, 0.29) is 12.7 Å². The molecule has 0 spiro atoms. The Morgan fingerprint density at radius 3 is 2.23 bits per heavy atom. The molecule has 0 N–H and O–H groups in total. The van der Waals surface area contributed by atoms with E-state index < -0.39 is 40.9 Å². The summed E-state index contributed by atoms with van der Waals surface area (Å²) in [5.74, 6) is -2.76. The van der Waals surface area contributed by atoms with Crippen LogP contribution in [0.4, 0.5) is 26.3 Å². The van der Waals surface area contributed by atoms with E-state index in [1.807, 2.05) is 0 Å². The molecule has 22 heavy (non-hydrogen) atoms. The fourth-order valence-corrected chi connectivity index (χ4v) is 1.49. The van der Waals surface area contributed by atoms with E-state index in [9.17, 15) is 31.1 Å². The van der Waals surface area contributed by atoms with Crippen LogP contribution < -0.4 is 4.74 Å². The summed E-state index contributed by atoms with van der Waals surface area (Å²) in [4.78, 5) is 11.5. The number of nitriles is 1. The van der Waals surface area contributed by atoms with Gasteiger partial charge in [0.05, 0.1) is 23.3 Å². The van der Waals surface area contributed by atoms with Gasteiger partial charge in [0.1, 0.15) is 11.8 Å². The first-order valence-electron chi connectivity index (χ1n) is 5.57. The molecule has 0 fully saturated rings. The zero-order chi connectivity index (χ0) is 17.1. The molecule has 0 atom stereocenters. The second-order valence-corrected chi connectivity index (χ2v) is 3.77. The van der Waals surface area contributed by atoms with Gasteiger partial charge in [-0.25, -0.2) is 4.79 Å². The monoisotopic (exact) mass is 327 g/mol. The first-order valence-corrected chi connectivity index (χ1v) is 5.57. The lowest BCUT2D eigenvalue weighted by Gasteiger charge is -2.16. The van der Waals surface area contributed by atoms with Crippen molar-refractivity contribution in [2.75, 3.05) is 6.61 Å². The van der Waals surface area contributed by atoms with Gasteiger partial charge in [0.15, 0.2) is 0 Å². The number of rotatable bonds is 3. The van der Waals surface area contributed by atoms with E-state index in [4.69, 9.17) is 5.26 Å². The highest BCUT2D eigenvalue weighted by Crippen LogP contribution is 2.38. The van der Waals surface area contributed by atoms with Gasteiger partial charge in [0, 0.05) is 0 Å². The summed E-state index contributed by atoms with van der Waals surface area (Å²) in [7, 11) is 0. The third-order valence-corrected chi connectivity index (χ3v) is 2.27. The molecule has 10 heteroatoms. The van der Waals surface area contributed by atoms with Gasteiger partial charge in [0.25, 0.3) is 0 Å². The predicted octanol–water partition coefficient (Wildman–Crippen LogP) is 3.65. The molecule has 0 saturated heterocycles. The van der Waals surface area contributed by atoms with Gasteiger partial charge in [-0.1, -0.05) is 0 Å². The molecular weight excluding hydrogens is 320 g/mol. The lowest BCUT2D eigenvalue weighted by molar-refractivity contribution is -0.274. The number of hydrogen-bond acceptors (Lipinski definition) is 4. The van der Waals surface area contributed by atoms with Crippen molar-refractivity contribution in [2.24, 2.45) is 0 Å². The largest absolute Gasteiger partial charge is 0.573 e. The minimum atomic E-state index is -5.29. The molecule has 1 aromatic rings. The average Bonchev–Trinajstić information content (AvgIpc) is 2.35. The molecule has 0 bridgehead atoms. The van der Waals surface area contributed by atoms with E-state index in [1.165, 1.54) is 13.0 Å². The maximum Gasteiger partial charge on any atom is 0.573 e. The van der Waals surface area contributed by atoms with Crippen molar-refractivity contribution in [3.8, 4) is 11.8 Å². The Labute approximate surface area is 119 Å². The van der Waals surface area contributed by atoms with E-state index in [0.717, 1.165) is 0 Å². The van der Waals surface area contributed by atoms with Crippen LogP contribution in [0.2, 0.25) is 0 Å². The SMILES string of the molecule is CCOC(=O)c1cc(C#N)c(OC(F)(F)F)cc1C(F)(F)F. The first kappa shape index (κ1) is 17.6. The first-order chi connectivity index (χ1) is 9.99. The highest BCUT2D eigenvalue weighted by atomic mass is 19.4. The number of halogens is 6. The fraction of sp³-hybridized carbons (Fsp3) is 0.333. The number of ether oxygens (including phenoxy) is 2. The number of alkyl halides is 6. The van der Waals surface area contributed by atoms with E-state index in [0.29, 0.717) is 6.07 Å². The zero-order valence-corrected chi connectivity index (χ0v) is 10.8. The summed E-state index contributed by atoms with van der Waals surface area (Å²) in [5, 5.41) is 8.71. The number of benzene rings is 1. The van der Waals surface area contributed by atoms with Crippen LogP contribution in [0.5, 0.6) is 5.75 Å². The Bertz CT molecular complexity index is 615. The van der Waals surface area contributed by atoms with E-state index >= 15 is 0 Å². The maximum atomic E-state index is 12.9. The van der Waals surface area contributed by atoms with Crippen molar-refractivity contribution in [1.82, 2.24) is 0 Å². The van der Waals surface area contributed by atoms with Crippen molar-refractivity contribution in [3.63, 3.8) is 0 Å². The molecule has 0 aromatic heterocycles. The lowest BCUT2D eigenvalue weighted by atomic mass is 10.0. The summed E-state index contributed by atoms with van der Waals surface area (Å²) >= 11 is 0. The molecule has 0 heterocycles. The average molecular weight is 327 g/mol. The molecule has 0 aliphatic rings. The van der Waals surface area contributed by atoms with Crippen LogP contribution in [0.1, 0.15) is 28.4 Å². The topological polar surface area (TPSA) is 59.3 Å². The molecule has 0 amide bonds. The molecule has 1 rings (SSSR count). The van der Waals surface area contributed by atoms with Gasteiger partial charge in [-0.2, -0.15) is 18.4 Å². The second kappa shape index (κ2) is 6.13. The van der Waals surface area contributed by atoms with Crippen LogP contribution in [0.3, 0.4) is 0 Å². The number of nitrogens with zero attached hydrogens (tertiary/aromatic N) is 1. The van der Waals surface area contributed by atoms with Gasteiger partial charge in [-0.15, -0.1) is 13.2 Å². The molecular formula is C12H7F6NO3. The van der Waals surface area contributed by atoms with Crippen molar-refractivity contribution in [1.29, 1.82) is 5.26 Å². The summed E-state index contributed by atoms with van der Waals surface area (Å²) in [6.07, 6.45) is -10.4. The van der Waals surface area contributed by atoms with Crippen LogP contribution in [0.15, 0.2) is 12.1 Å². The molecule has 4 nitrogen and oxygen atoms in total. The van der Waals surface area contributed by atoms with Crippen LogP contribution in [-0.2, 0) is 10.9 Å². The molecule has 0 unspecified atom stereocenters. The molecule has 0 aliphatic carbocycles. The molecule has 0 aliphatic heterocycles. The van der Waals surface area contributed by atoms with Gasteiger partial charge >= 0.3 is 18.5 Å². The van der Waals surface area contributed by atoms with E-state index in [1.54, 1.807) is 0 Å². The lowest BCUT2D eigenvalue weighted by Crippen LogP contribution is -2.20. The van der Waals surface area contributed by atoms with Crippen LogP contribution in [0.25, 0.3) is 0 Å². The van der Waals surface area contributed by atoms with Crippen molar-refractivity contribution < 1.29 is 40.6 Å². The maximum absolute atomic E-state index is 12.9. The van der Waals surface area contributed by atoms with Crippen LogP contribution >= 0.6 is 0 Å². The Hall–Kier alpha value is -2.44. The third-order valence-electron chi connectivity index (χ3n) is 2.27. The minimum Gasteiger partial charge on any atom is -0.462 e. The number of hydrogen-bond donors (Lipinski definition) is 0. The highest BCUT2D eigenvalue weighted by molar-refractivity contribution is 5.92. The number of esters is 1. The Morgan fingerprint density at radius 1 is 1.23 bits per heavy atom. The van der Waals surface area contributed by atoms with E-state index in [2.05, 4.69) is 9.47 Å².